The van der Waals surface area contributed by atoms with Crippen LogP contribution in [0, 0.1) is 0 Å². The molecule has 4 nitrogen and oxygen atoms in total. The van der Waals surface area contributed by atoms with E-state index in [1.165, 1.54) is 23.7 Å². The number of unbranched alkanes of at least 4 members (excludes halogenated alkanes) is 3. The molecular formula is C15H29IO4. The lowest BCUT2D eigenvalue weighted by molar-refractivity contribution is 0.000536. The summed E-state index contributed by atoms with van der Waals surface area (Å²) in [5.74, 6) is 0. The molecule has 0 aliphatic rings. The van der Waals surface area contributed by atoms with Crippen LogP contribution in [0.3, 0.4) is 0 Å². The van der Waals surface area contributed by atoms with Crippen LogP contribution >= 0.6 is 22.6 Å². The van der Waals surface area contributed by atoms with Crippen LogP contribution in [0.1, 0.15) is 25.7 Å². The van der Waals surface area contributed by atoms with Gasteiger partial charge < -0.3 is 18.9 Å². The maximum Gasteiger partial charge on any atom is 0.0704 e. The predicted octanol–water partition coefficient (Wildman–Crippen LogP) is 3.23. The Morgan fingerprint density at radius 1 is 0.650 bits per heavy atom. The minimum atomic E-state index is 0.579. The van der Waals surface area contributed by atoms with Gasteiger partial charge in [-0.15, -0.1) is 6.58 Å². The van der Waals surface area contributed by atoms with Gasteiger partial charge in [-0.25, -0.2) is 0 Å². The van der Waals surface area contributed by atoms with E-state index in [0.29, 0.717) is 46.2 Å². The van der Waals surface area contributed by atoms with Crippen LogP contribution in [0.25, 0.3) is 0 Å². The topological polar surface area (TPSA) is 36.9 Å². The molecule has 0 N–H and O–H groups in total. The summed E-state index contributed by atoms with van der Waals surface area (Å²) in [7, 11) is 0. The van der Waals surface area contributed by atoms with Crippen LogP contribution in [0.15, 0.2) is 12.7 Å². The van der Waals surface area contributed by atoms with Crippen LogP contribution in [-0.2, 0) is 18.9 Å². The number of halogens is 1. The lowest BCUT2D eigenvalue weighted by atomic mass is 10.2. The van der Waals surface area contributed by atoms with Crippen LogP contribution in [0.2, 0.25) is 0 Å². The molecule has 0 aromatic heterocycles. The fourth-order valence-electron chi connectivity index (χ4n) is 1.48. The Morgan fingerprint density at radius 3 is 1.70 bits per heavy atom. The zero-order valence-electron chi connectivity index (χ0n) is 12.5. The zero-order chi connectivity index (χ0) is 14.7. The highest BCUT2D eigenvalue weighted by molar-refractivity contribution is 14.1. The van der Waals surface area contributed by atoms with Gasteiger partial charge in [0.05, 0.1) is 46.2 Å². The lowest BCUT2D eigenvalue weighted by Gasteiger charge is -2.07. The smallest absolute Gasteiger partial charge is 0.0704 e. The second-order valence-electron chi connectivity index (χ2n) is 4.30. The molecule has 20 heavy (non-hydrogen) atoms. The van der Waals surface area contributed by atoms with Crippen molar-refractivity contribution in [2.24, 2.45) is 0 Å². The molecule has 0 unspecified atom stereocenters. The van der Waals surface area contributed by atoms with Gasteiger partial charge in [0.2, 0.25) is 0 Å². The summed E-state index contributed by atoms with van der Waals surface area (Å²) < 4.78 is 22.7. The molecule has 0 aliphatic heterocycles. The Bertz CT molecular complexity index is 191. The summed E-state index contributed by atoms with van der Waals surface area (Å²) in [6.45, 7) is 8.74. The Kier molecular flexibility index (Phi) is 19.6. The van der Waals surface area contributed by atoms with E-state index in [1.54, 1.807) is 6.08 Å². The van der Waals surface area contributed by atoms with Crippen LogP contribution < -0.4 is 0 Å². The molecule has 0 heterocycles. The van der Waals surface area contributed by atoms with Gasteiger partial charge in [-0.05, 0) is 17.3 Å². The lowest BCUT2D eigenvalue weighted by Crippen LogP contribution is -2.12. The largest absolute Gasteiger partial charge is 0.379 e. The number of hydrogen-bond donors (Lipinski definition) is 0. The predicted molar refractivity (Wildman–Crippen MR) is 90.8 cm³/mol. The first-order valence-corrected chi connectivity index (χ1v) is 8.92. The molecule has 0 radical (unpaired) electrons. The molecule has 0 spiro atoms. The molecule has 0 aromatic rings. The molecule has 0 rings (SSSR count). The molecule has 0 atom stereocenters. The minimum Gasteiger partial charge on any atom is -0.379 e. The Hall–Kier alpha value is 0.310. The van der Waals surface area contributed by atoms with E-state index in [1.807, 2.05) is 0 Å². The monoisotopic (exact) mass is 400 g/mol. The van der Waals surface area contributed by atoms with Gasteiger partial charge in [-0.2, -0.15) is 0 Å². The van der Waals surface area contributed by atoms with Crippen molar-refractivity contribution in [3.05, 3.63) is 12.7 Å². The summed E-state index contributed by atoms with van der Waals surface area (Å²) in [4.78, 5) is 0. The van der Waals surface area contributed by atoms with Gasteiger partial charge in [-0.3, -0.25) is 0 Å². The summed E-state index contributed by atoms with van der Waals surface area (Å²) >= 11 is 2.42. The van der Waals surface area contributed by atoms with E-state index < -0.39 is 0 Å². The van der Waals surface area contributed by atoms with Gasteiger partial charge in [0, 0.05) is 6.61 Å². The van der Waals surface area contributed by atoms with Gasteiger partial charge in [0.25, 0.3) is 0 Å². The van der Waals surface area contributed by atoms with Gasteiger partial charge in [-0.1, -0.05) is 41.5 Å². The highest BCUT2D eigenvalue weighted by Crippen LogP contribution is 2.02. The first-order chi connectivity index (χ1) is 9.91. The van der Waals surface area contributed by atoms with Crippen molar-refractivity contribution in [3.8, 4) is 0 Å². The average Bonchev–Trinajstić information content (AvgIpc) is 2.47. The number of alkyl halides is 1. The van der Waals surface area contributed by atoms with Gasteiger partial charge in [0.15, 0.2) is 0 Å². The molecule has 0 saturated carbocycles. The molecular weight excluding hydrogens is 371 g/mol. The maximum atomic E-state index is 5.49. The van der Waals surface area contributed by atoms with Crippen molar-refractivity contribution in [1.82, 2.24) is 0 Å². The Balaban J connectivity index is 2.90. The van der Waals surface area contributed by atoms with Crippen molar-refractivity contribution in [2.45, 2.75) is 25.7 Å². The maximum absolute atomic E-state index is 5.49. The molecule has 0 saturated heterocycles. The first-order valence-electron chi connectivity index (χ1n) is 7.39. The van der Waals surface area contributed by atoms with E-state index >= 15 is 0 Å². The van der Waals surface area contributed by atoms with Crippen LogP contribution in [0.5, 0.6) is 0 Å². The fourth-order valence-corrected chi connectivity index (χ4v) is 2.02. The molecule has 5 heteroatoms. The number of ether oxygens (including phenoxy) is 4. The minimum absolute atomic E-state index is 0.579. The molecule has 0 amide bonds. The standard InChI is InChI=1S/C15H29IO4/c1-2-8-17-10-12-19-14-15-20-13-11-18-9-6-4-3-5-7-16/h2H,1,3-15H2. The summed E-state index contributed by atoms with van der Waals surface area (Å²) in [6.07, 6.45) is 6.79. The Labute approximate surface area is 137 Å². The summed E-state index contributed by atoms with van der Waals surface area (Å²) in [6, 6.07) is 0. The van der Waals surface area contributed by atoms with E-state index in [9.17, 15) is 0 Å². The van der Waals surface area contributed by atoms with Crippen molar-refractivity contribution in [2.75, 3.05) is 57.3 Å². The number of hydrogen-bond acceptors (Lipinski definition) is 4. The van der Waals surface area contributed by atoms with Crippen molar-refractivity contribution >= 4 is 22.6 Å². The summed E-state index contributed by atoms with van der Waals surface area (Å²) in [5, 5.41) is 0. The van der Waals surface area contributed by atoms with E-state index in [-0.39, 0.29) is 0 Å². The Morgan fingerprint density at radius 2 is 1.15 bits per heavy atom. The van der Waals surface area contributed by atoms with Crippen molar-refractivity contribution < 1.29 is 18.9 Å². The molecule has 0 aliphatic carbocycles. The zero-order valence-corrected chi connectivity index (χ0v) is 14.6. The average molecular weight is 400 g/mol. The van der Waals surface area contributed by atoms with Gasteiger partial charge >= 0.3 is 0 Å². The second kappa shape index (κ2) is 19.3. The second-order valence-corrected chi connectivity index (χ2v) is 5.38. The van der Waals surface area contributed by atoms with E-state index in [0.717, 1.165) is 13.0 Å². The SMILES string of the molecule is C=CCOCCOCCOCCOCCCCCCI. The molecule has 120 valence electrons. The normalized spacial score (nSPS) is 10.8. The highest BCUT2D eigenvalue weighted by atomic mass is 127. The van der Waals surface area contributed by atoms with Crippen LogP contribution in [0.4, 0.5) is 0 Å². The number of rotatable bonds is 17. The molecule has 0 fully saturated rings. The van der Waals surface area contributed by atoms with Crippen molar-refractivity contribution in [1.29, 1.82) is 0 Å². The van der Waals surface area contributed by atoms with Crippen molar-refractivity contribution in [3.63, 3.8) is 0 Å². The third-order valence-electron chi connectivity index (χ3n) is 2.52. The molecule has 0 bridgehead atoms. The third-order valence-corrected chi connectivity index (χ3v) is 3.29. The fraction of sp³-hybridized carbons (Fsp3) is 0.867. The quantitative estimate of drug-likeness (QED) is 0.163. The van der Waals surface area contributed by atoms with E-state index in [4.69, 9.17) is 18.9 Å². The third kappa shape index (κ3) is 18.3. The van der Waals surface area contributed by atoms with Gasteiger partial charge in [0.1, 0.15) is 0 Å². The van der Waals surface area contributed by atoms with E-state index in [2.05, 4.69) is 29.2 Å². The highest BCUT2D eigenvalue weighted by Gasteiger charge is 1.93. The first kappa shape index (κ1) is 20.3. The molecule has 0 aromatic carbocycles. The van der Waals surface area contributed by atoms with Crippen LogP contribution in [-0.4, -0.2) is 57.3 Å². The summed E-state index contributed by atoms with van der Waals surface area (Å²) in [5.41, 5.74) is 0.